The first-order valence-electron chi connectivity index (χ1n) is 10.2. The molecule has 1 fully saturated rings. The van der Waals surface area contributed by atoms with Gasteiger partial charge in [0.05, 0.1) is 10.8 Å². The number of aryl methyl sites for hydroxylation is 3. The Morgan fingerprint density at radius 1 is 1.00 bits per heavy atom. The van der Waals surface area contributed by atoms with Gasteiger partial charge in [0.2, 0.25) is 15.8 Å². The Morgan fingerprint density at radius 3 is 2.16 bits per heavy atom. The topological polar surface area (TPSA) is 80.8 Å². The summed E-state index contributed by atoms with van der Waals surface area (Å²) in [5, 5.41) is 0. The Hall–Kier alpha value is -2.65. The first-order valence-corrected chi connectivity index (χ1v) is 11.7. The van der Waals surface area contributed by atoms with Gasteiger partial charge < -0.3 is 4.74 Å². The molecule has 1 saturated heterocycles. The predicted molar refractivity (Wildman–Crippen MR) is 114 cm³/mol. The molecule has 2 aromatic rings. The maximum Gasteiger partial charge on any atom is 0.309 e. The second-order valence-electron chi connectivity index (χ2n) is 8.06. The van der Waals surface area contributed by atoms with E-state index < -0.39 is 33.5 Å². The number of nitrogens with zero attached hydrogens (tertiary/aromatic N) is 1. The Balaban J connectivity index is 1.57. The first kappa shape index (κ1) is 24.0. The van der Waals surface area contributed by atoms with E-state index in [2.05, 4.69) is 0 Å². The minimum absolute atomic E-state index is 0.0330. The van der Waals surface area contributed by atoms with Crippen molar-refractivity contribution in [1.82, 2.24) is 4.31 Å². The highest BCUT2D eigenvalue weighted by molar-refractivity contribution is 7.89. The number of sulfonamides is 1. The Labute approximate surface area is 186 Å². The third-order valence-corrected chi connectivity index (χ3v) is 7.51. The molecule has 0 unspecified atom stereocenters. The van der Waals surface area contributed by atoms with Crippen LogP contribution in [-0.2, 0) is 19.6 Å². The molecule has 0 amide bonds. The number of piperidine rings is 1. The van der Waals surface area contributed by atoms with Gasteiger partial charge in [-0.25, -0.2) is 17.2 Å². The lowest BCUT2D eigenvalue weighted by Crippen LogP contribution is -2.40. The SMILES string of the molecule is Cc1cc(C)c(C(=O)COC(=O)C2CCN(S(=O)(=O)c3ccc(F)c(F)c3)CC2)c(C)c1. The molecule has 0 aromatic heterocycles. The lowest BCUT2D eigenvalue weighted by Gasteiger charge is -2.30. The zero-order valence-corrected chi connectivity index (χ0v) is 19.0. The van der Waals surface area contributed by atoms with Crippen LogP contribution in [-0.4, -0.2) is 44.2 Å². The molecule has 2 aromatic carbocycles. The molecule has 32 heavy (non-hydrogen) atoms. The highest BCUT2D eigenvalue weighted by atomic mass is 32.2. The van der Waals surface area contributed by atoms with Gasteiger partial charge in [-0.15, -0.1) is 0 Å². The number of esters is 1. The van der Waals surface area contributed by atoms with Crippen molar-refractivity contribution in [2.75, 3.05) is 19.7 Å². The molecule has 9 heteroatoms. The third-order valence-electron chi connectivity index (χ3n) is 5.62. The molecular formula is C23H25F2NO5S. The van der Waals surface area contributed by atoms with Crippen LogP contribution < -0.4 is 0 Å². The normalized spacial score (nSPS) is 15.5. The summed E-state index contributed by atoms with van der Waals surface area (Å²) in [5.74, 6) is -3.75. The number of Topliss-reactive ketones (excluding diaryl/α,β-unsaturated/α-hetero) is 1. The van der Waals surface area contributed by atoms with Crippen molar-refractivity contribution in [2.24, 2.45) is 5.92 Å². The molecule has 0 spiro atoms. The number of hydrogen-bond donors (Lipinski definition) is 0. The summed E-state index contributed by atoms with van der Waals surface area (Å²) in [6.45, 7) is 5.29. The lowest BCUT2D eigenvalue weighted by molar-refractivity contribution is -0.148. The van der Waals surface area contributed by atoms with Crippen molar-refractivity contribution in [1.29, 1.82) is 0 Å². The molecule has 0 atom stereocenters. The summed E-state index contributed by atoms with van der Waals surface area (Å²) in [7, 11) is -4.00. The van der Waals surface area contributed by atoms with Gasteiger partial charge in [-0.2, -0.15) is 4.31 Å². The zero-order chi connectivity index (χ0) is 23.6. The molecule has 3 rings (SSSR count). The van der Waals surface area contributed by atoms with Crippen LogP contribution in [0.4, 0.5) is 8.78 Å². The monoisotopic (exact) mass is 465 g/mol. The van der Waals surface area contributed by atoms with Crippen LogP contribution in [0.15, 0.2) is 35.2 Å². The van der Waals surface area contributed by atoms with Gasteiger partial charge in [-0.1, -0.05) is 17.7 Å². The van der Waals surface area contributed by atoms with Crippen molar-refractivity contribution in [2.45, 2.75) is 38.5 Å². The number of ketones is 1. The van der Waals surface area contributed by atoms with Gasteiger partial charge in [-0.3, -0.25) is 9.59 Å². The van der Waals surface area contributed by atoms with E-state index in [0.29, 0.717) is 11.6 Å². The van der Waals surface area contributed by atoms with Crippen molar-refractivity contribution in [3.05, 3.63) is 64.2 Å². The smallest absolute Gasteiger partial charge is 0.309 e. The summed E-state index contributed by atoms with van der Waals surface area (Å²) >= 11 is 0. The fraction of sp³-hybridized carbons (Fsp3) is 0.391. The van der Waals surface area contributed by atoms with Gasteiger partial charge in [0.1, 0.15) is 0 Å². The predicted octanol–water partition coefficient (Wildman–Crippen LogP) is 3.72. The van der Waals surface area contributed by atoms with E-state index >= 15 is 0 Å². The number of carbonyl (C=O) groups excluding carboxylic acids is 2. The quantitative estimate of drug-likeness (QED) is 0.480. The third kappa shape index (κ3) is 5.05. The van der Waals surface area contributed by atoms with Crippen LogP contribution in [0.2, 0.25) is 0 Å². The van der Waals surface area contributed by atoms with Gasteiger partial charge in [0, 0.05) is 18.7 Å². The number of hydrogen-bond acceptors (Lipinski definition) is 5. The van der Waals surface area contributed by atoms with E-state index in [4.69, 9.17) is 4.74 Å². The van der Waals surface area contributed by atoms with E-state index in [1.54, 1.807) is 0 Å². The van der Waals surface area contributed by atoms with Crippen LogP contribution in [0.1, 0.15) is 39.9 Å². The summed E-state index contributed by atoms with van der Waals surface area (Å²) in [6, 6.07) is 6.21. The van der Waals surface area contributed by atoms with E-state index in [9.17, 15) is 26.8 Å². The average Bonchev–Trinajstić information content (AvgIpc) is 2.73. The van der Waals surface area contributed by atoms with Gasteiger partial charge in [-0.05, 0) is 62.9 Å². The van der Waals surface area contributed by atoms with Crippen LogP contribution in [0, 0.1) is 38.3 Å². The van der Waals surface area contributed by atoms with Crippen molar-refractivity contribution >= 4 is 21.8 Å². The fourth-order valence-corrected chi connectivity index (χ4v) is 5.55. The molecular weight excluding hydrogens is 440 g/mol. The van der Waals surface area contributed by atoms with Crippen LogP contribution >= 0.6 is 0 Å². The molecule has 1 aliphatic rings. The minimum atomic E-state index is -4.00. The molecule has 1 aliphatic heterocycles. The molecule has 1 heterocycles. The standard InChI is InChI=1S/C23H25F2NO5S/c1-14-10-15(2)22(16(3)11-14)21(27)13-31-23(28)17-6-8-26(9-7-17)32(29,30)18-4-5-19(24)20(25)12-18/h4-5,10-12,17H,6-9,13H2,1-3H3. The van der Waals surface area contributed by atoms with Gasteiger partial charge in [0.25, 0.3) is 0 Å². The number of rotatable bonds is 6. The van der Waals surface area contributed by atoms with Crippen LogP contribution in [0.25, 0.3) is 0 Å². The summed E-state index contributed by atoms with van der Waals surface area (Å²) in [5.41, 5.74) is 3.22. The second-order valence-corrected chi connectivity index (χ2v) is 10.00. The molecule has 0 N–H and O–H groups in total. The number of ether oxygens (including phenoxy) is 1. The zero-order valence-electron chi connectivity index (χ0n) is 18.2. The van der Waals surface area contributed by atoms with E-state index in [0.717, 1.165) is 33.1 Å². The fourth-order valence-electron chi connectivity index (χ4n) is 4.06. The lowest BCUT2D eigenvalue weighted by atomic mass is 9.96. The van der Waals surface area contributed by atoms with Crippen molar-refractivity contribution < 1.29 is 31.5 Å². The highest BCUT2D eigenvalue weighted by Gasteiger charge is 2.33. The summed E-state index contributed by atoms with van der Waals surface area (Å²) in [4.78, 5) is 24.6. The summed E-state index contributed by atoms with van der Waals surface area (Å²) in [6.07, 6.45) is 0.414. The number of carbonyl (C=O) groups is 2. The minimum Gasteiger partial charge on any atom is -0.457 e. The van der Waals surface area contributed by atoms with Crippen molar-refractivity contribution in [3.8, 4) is 0 Å². The van der Waals surface area contributed by atoms with Crippen molar-refractivity contribution in [3.63, 3.8) is 0 Å². The summed E-state index contributed by atoms with van der Waals surface area (Å²) < 4.78 is 58.2. The Kier molecular flexibility index (Phi) is 7.09. The number of benzene rings is 2. The van der Waals surface area contributed by atoms with Crippen LogP contribution in [0.3, 0.4) is 0 Å². The van der Waals surface area contributed by atoms with Gasteiger partial charge >= 0.3 is 5.97 Å². The Morgan fingerprint density at radius 2 is 1.59 bits per heavy atom. The molecule has 0 aliphatic carbocycles. The molecule has 0 radical (unpaired) electrons. The van der Waals surface area contributed by atoms with E-state index in [-0.39, 0.29) is 43.2 Å². The van der Waals surface area contributed by atoms with E-state index in [1.807, 2.05) is 32.9 Å². The first-order chi connectivity index (χ1) is 15.0. The van der Waals surface area contributed by atoms with E-state index in [1.165, 1.54) is 0 Å². The molecule has 0 bridgehead atoms. The molecule has 172 valence electrons. The maximum atomic E-state index is 13.4. The van der Waals surface area contributed by atoms with Gasteiger partial charge in [0.15, 0.2) is 18.2 Å². The maximum absolute atomic E-state index is 13.4. The molecule has 6 nitrogen and oxygen atoms in total. The largest absolute Gasteiger partial charge is 0.457 e. The van der Waals surface area contributed by atoms with Crippen LogP contribution in [0.5, 0.6) is 0 Å². The average molecular weight is 466 g/mol. The molecule has 0 saturated carbocycles. The second kappa shape index (κ2) is 9.46. The highest BCUT2D eigenvalue weighted by Crippen LogP contribution is 2.26. The number of halogens is 2. The Bertz CT molecular complexity index is 1130.